The molecule has 2 rings (SSSR count). The zero-order valence-electron chi connectivity index (χ0n) is 9.19. The van der Waals surface area contributed by atoms with Gasteiger partial charge in [-0.3, -0.25) is 4.79 Å². The summed E-state index contributed by atoms with van der Waals surface area (Å²) in [7, 11) is 2.00. The minimum Gasteiger partial charge on any atom is -0.490 e. The summed E-state index contributed by atoms with van der Waals surface area (Å²) in [5.41, 5.74) is 1.74. The molecule has 0 fully saturated rings. The minimum atomic E-state index is -0.209. The van der Waals surface area contributed by atoms with Gasteiger partial charge in [0.05, 0.1) is 12.2 Å². The number of rotatable bonds is 2. The first-order valence-corrected chi connectivity index (χ1v) is 5.12. The Morgan fingerprint density at radius 1 is 1.62 bits per heavy atom. The average Bonchev–Trinajstić information content (AvgIpc) is 2.30. The number of benzene rings is 1. The quantitative estimate of drug-likeness (QED) is 0.767. The highest BCUT2D eigenvalue weighted by atomic mass is 16.5. The van der Waals surface area contributed by atoms with Gasteiger partial charge in [-0.05, 0) is 24.3 Å². The van der Waals surface area contributed by atoms with Crippen LogP contribution in [0.1, 0.15) is 0 Å². The lowest BCUT2D eigenvalue weighted by molar-refractivity contribution is -0.111. The summed E-state index contributed by atoms with van der Waals surface area (Å²) >= 11 is 0. The molecule has 0 atom stereocenters. The maximum absolute atomic E-state index is 11.2. The number of likely N-dealkylation sites (N-methyl/N-ethyl adjacent to an activating group) is 1. The predicted octanol–water partition coefficient (Wildman–Crippen LogP) is 1.64. The van der Waals surface area contributed by atoms with Gasteiger partial charge in [0.25, 0.3) is 0 Å². The van der Waals surface area contributed by atoms with Gasteiger partial charge in [-0.2, -0.15) is 0 Å². The Kier molecular flexibility index (Phi) is 2.81. The number of ether oxygens (including phenoxy) is 1. The monoisotopic (exact) mass is 218 g/mol. The highest BCUT2D eigenvalue weighted by Gasteiger charge is 2.15. The zero-order valence-corrected chi connectivity index (χ0v) is 9.19. The smallest absolute Gasteiger partial charge is 0.247 e. The third-order valence-corrected chi connectivity index (χ3v) is 2.51. The fourth-order valence-electron chi connectivity index (χ4n) is 1.62. The van der Waals surface area contributed by atoms with Crippen molar-refractivity contribution in [3.05, 3.63) is 30.9 Å². The fraction of sp³-hybridized carbons (Fsp3) is 0.250. The molecule has 0 saturated carbocycles. The van der Waals surface area contributed by atoms with Crippen molar-refractivity contribution < 1.29 is 9.53 Å². The molecule has 0 spiro atoms. The molecular weight excluding hydrogens is 204 g/mol. The van der Waals surface area contributed by atoms with E-state index in [2.05, 4.69) is 16.8 Å². The van der Waals surface area contributed by atoms with E-state index in [-0.39, 0.29) is 5.91 Å². The Bertz CT molecular complexity index is 429. The average molecular weight is 218 g/mol. The van der Waals surface area contributed by atoms with Gasteiger partial charge in [0.1, 0.15) is 12.4 Å². The number of hydrogen-bond acceptors (Lipinski definition) is 3. The molecule has 0 aromatic heterocycles. The standard InChI is InChI=1S/C12H14N2O2/c1-3-12(15)13-9-4-5-11-10(8-9)14(2)6-7-16-11/h3-5,8H,1,6-7H2,2H3,(H,13,15). The summed E-state index contributed by atoms with van der Waals surface area (Å²) < 4.78 is 5.51. The minimum absolute atomic E-state index is 0.209. The van der Waals surface area contributed by atoms with Crippen LogP contribution in [0.15, 0.2) is 30.9 Å². The van der Waals surface area contributed by atoms with E-state index in [0.717, 1.165) is 23.7 Å². The van der Waals surface area contributed by atoms with Crippen LogP contribution in [-0.2, 0) is 4.79 Å². The van der Waals surface area contributed by atoms with Crippen molar-refractivity contribution >= 4 is 17.3 Å². The number of carbonyl (C=O) groups excluding carboxylic acids is 1. The second kappa shape index (κ2) is 4.26. The van der Waals surface area contributed by atoms with Crippen LogP contribution in [0.2, 0.25) is 0 Å². The first kappa shape index (κ1) is 10.5. The molecule has 0 radical (unpaired) electrons. The molecule has 4 nitrogen and oxygen atoms in total. The van der Waals surface area contributed by atoms with Crippen molar-refractivity contribution in [3.63, 3.8) is 0 Å². The molecule has 1 aliphatic heterocycles. The van der Waals surface area contributed by atoms with E-state index in [1.165, 1.54) is 6.08 Å². The second-order valence-corrected chi connectivity index (χ2v) is 3.65. The number of nitrogens with one attached hydrogen (secondary N) is 1. The van der Waals surface area contributed by atoms with Crippen molar-refractivity contribution in [2.24, 2.45) is 0 Å². The number of amides is 1. The first-order chi connectivity index (χ1) is 7.70. The lowest BCUT2D eigenvalue weighted by Gasteiger charge is -2.28. The third-order valence-electron chi connectivity index (χ3n) is 2.51. The normalized spacial score (nSPS) is 13.7. The summed E-state index contributed by atoms with van der Waals surface area (Å²) in [5, 5.41) is 2.72. The van der Waals surface area contributed by atoms with Crippen molar-refractivity contribution in [2.75, 3.05) is 30.4 Å². The summed E-state index contributed by atoms with van der Waals surface area (Å²) in [4.78, 5) is 13.3. The maximum atomic E-state index is 11.2. The number of anilines is 2. The molecule has 0 bridgehead atoms. The number of fused-ring (bicyclic) bond motifs is 1. The van der Waals surface area contributed by atoms with E-state index in [4.69, 9.17) is 4.74 Å². The molecule has 16 heavy (non-hydrogen) atoms. The van der Waals surface area contributed by atoms with E-state index in [0.29, 0.717) is 6.61 Å². The predicted molar refractivity (Wildman–Crippen MR) is 64.0 cm³/mol. The Morgan fingerprint density at radius 2 is 2.44 bits per heavy atom. The van der Waals surface area contributed by atoms with Gasteiger partial charge in [-0.15, -0.1) is 0 Å². The Balaban J connectivity index is 2.26. The summed E-state index contributed by atoms with van der Waals surface area (Å²) in [6.45, 7) is 4.96. The van der Waals surface area contributed by atoms with Crippen molar-refractivity contribution in [3.8, 4) is 5.75 Å². The van der Waals surface area contributed by atoms with E-state index >= 15 is 0 Å². The molecule has 1 aromatic carbocycles. The lowest BCUT2D eigenvalue weighted by Crippen LogP contribution is -2.28. The van der Waals surface area contributed by atoms with Gasteiger partial charge in [0.2, 0.25) is 5.91 Å². The van der Waals surface area contributed by atoms with E-state index < -0.39 is 0 Å². The molecule has 0 aliphatic carbocycles. The number of hydrogen-bond donors (Lipinski definition) is 1. The van der Waals surface area contributed by atoms with Gasteiger partial charge in [-0.25, -0.2) is 0 Å². The van der Waals surface area contributed by atoms with Crippen LogP contribution in [0.3, 0.4) is 0 Å². The van der Waals surface area contributed by atoms with Crippen molar-refractivity contribution in [1.29, 1.82) is 0 Å². The summed E-state index contributed by atoms with van der Waals surface area (Å²) in [5.74, 6) is 0.643. The van der Waals surface area contributed by atoms with Crippen LogP contribution >= 0.6 is 0 Å². The first-order valence-electron chi connectivity index (χ1n) is 5.12. The molecule has 1 N–H and O–H groups in total. The van der Waals surface area contributed by atoms with Crippen LogP contribution in [0, 0.1) is 0 Å². The molecule has 1 aliphatic rings. The molecule has 1 amide bonds. The van der Waals surface area contributed by atoms with Crippen LogP contribution in [-0.4, -0.2) is 26.1 Å². The Labute approximate surface area is 94.5 Å². The van der Waals surface area contributed by atoms with E-state index in [1.807, 2.05) is 25.2 Å². The maximum Gasteiger partial charge on any atom is 0.247 e. The summed E-state index contributed by atoms with van der Waals surface area (Å²) in [6, 6.07) is 5.58. The van der Waals surface area contributed by atoms with Gasteiger partial charge >= 0.3 is 0 Å². The van der Waals surface area contributed by atoms with Crippen LogP contribution < -0.4 is 15.0 Å². The van der Waals surface area contributed by atoms with E-state index in [9.17, 15) is 4.79 Å². The van der Waals surface area contributed by atoms with Crippen molar-refractivity contribution in [1.82, 2.24) is 0 Å². The highest BCUT2D eigenvalue weighted by Crippen LogP contribution is 2.33. The molecule has 1 aromatic rings. The van der Waals surface area contributed by atoms with E-state index in [1.54, 1.807) is 0 Å². The SMILES string of the molecule is C=CC(=O)Nc1ccc2c(c1)N(C)CCO2. The van der Waals surface area contributed by atoms with Crippen LogP contribution in [0.4, 0.5) is 11.4 Å². The molecule has 84 valence electrons. The topological polar surface area (TPSA) is 41.6 Å². The molecule has 1 heterocycles. The zero-order chi connectivity index (χ0) is 11.5. The molecule has 4 heteroatoms. The van der Waals surface area contributed by atoms with Crippen molar-refractivity contribution in [2.45, 2.75) is 0 Å². The van der Waals surface area contributed by atoms with Gasteiger partial charge < -0.3 is 15.0 Å². The van der Waals surface area contributed by atoms with Gasteiger partial charge in [0, 0.05) is 12.7 Å². The number of carbonyl (C=O) groups is 1. The highest BCUT2D eigenvalue weighted by molar-refractivity contribution is 5.99. The third kappa shape index (κ3) is 2.00. The van der Waals surface area contributed by atoms with Crippen LogP contribution in [0.25, 0.3) is 0 Å². The lowest BCUT2D eigenvalue weighted by atomic mass is 10.2. The van der Waals surface area contributed by atoms with Gasteiger partial charge in [-0.1, -0.05) is 6.58 Å². The number of nitrogens with zero attached hydrogens (tertiary/aromatic N) is 1. The Hall–Kier alpha value is -1.97. The van der Waals surface area contributed by atoms with Gasteiger partial charge in [0.15, 0.2) is 0 Å². The molecule has 0 saturated heterocycles. The Morgan fingerprint density at radius 3 is 3.19 bits per heavy atom. The largest absolute Gasteiger partial charge is 0.490 e. The van der Waals surface area contributed by atoms with Crippen LogP contribution in [0.5, 0.6) is 5.75 Å². The summed E-state index contributed by atoms with van der Waals surface area (Å²) in [6.07, 6.45) is 1.25. The molecule has 0 unspecified atom stereocenters. The molecular formula is C12H14N2O2. The fourth-order valence-corrected chi connectivity index (χ4v) is 1.62. The second-order valence-electron chi connectivity index (χ2n) is 3.65.